The molecular formula is C10H11ClN2O3. The van der Waals surface area contributed by atoms with Crippen molar-refractivity contribution in [3.63, 3.8) is 0 Å². The Morgan fingerprint density at radius 3 is 2.56 bits per heavy atom. The predicted molar refractivity (Wildman–Crippen MR) is 59.2 cm³/mol. The van der Waals surface area contributed by atoms with Gasteiger partial charge in [0.15, 0.2) is 0 Å². The van der Waals surface area contributed by atoms with Crippen LogP contribution in [0.15, 0.2) is 24.3 Å². The van der Waals surface area contributed by atoms with Gasteiger partial charge in [-0.1, -0.05) is 29.8 Å². The summed E-state index contributed by atoms with van der Waals surface area (Å²) >= 11 is 5.90. The molecule has 0 spiro atoms. The molecule has 86 valence electrons. The zero-order chi connectivity index (χ0) is 12.1. The van der Waals surface area contributed by atoms with Crippen LogP contribution in [0, 0.1) is 0 Å². The van der Waals surface area contributed by atoms with Crippen LogP contribution in [0.5, 0.6) is 0 Å². The molecule has 0 heterocycles. The lowest BCUT2D eigenvalue weighted by Crippen LogP contribution is -2.34. The summed E-state index contributed by atoms with van der Waals surface area (Å²) in [6.07, 6.45) is -0.271. The molecule has 0 radical (unpaired) electrons. The first-order valence-electron chi connectivity index (χ1n) is 4.53. The van der Waals surface area contributed by atoms with E-state index < -0.39 is 18.0 Å². The highest BCUT2D eigenvalue weighted by Crippen LogP contribution is 2.24. The quantitative estimate of drug-likeness (QED) is 0.747. The normalized spacial score (nSPS) is 11.8. The standard InChI is InChI=1S/C10H11ClN2O3/c11-7-4-2-1-3-6(7)8(5-9(14)15)13-10(12)16/h1-4,8H,5H2,(H,14,15)(H3,12,13,16)/t8-/m0/s1. The molecule has 1 aromatic rings. The van der Waals surface area contributed by atoms with E-state index in [1.807, 2.05) is 0 Å². The Labute approximate surface area is 97.2 Å². The largest absolute Gasteiger partial charge is 0.481 e. The van der Waals surface area contributed by atoms with Crippen molar-refractivity contribution in [1.29, 1.82) is 0 Å². The van der Waals surface area contributed by atoms with Crippen molar-refractivity contribution in [2.75, 3.05) is 0 Å². The number of nitrogens with two attached hydrogens (primary N) is 1. The van der Waals surface area contributed by atoms with Gasteiger partial charge in [-0.05, 0) is 11.6 Å². The zero-order valence-electron chi connectivity index (χ0n) is 8.31. The number of carbonyl (C=O) groups excluding carboxylic acids is 1. The van der Waals surface area contributed by atoms with Gasteiger partial charge in [-0.3, -0.25) is 4.79 Å². The Balaban J connectivity index is 2.96. The summed E-state index contributed by atoms with van der Waals surface area (Å²) < 4.78 is 0. The molecule has 5 nitrogen and oxygen atoms in total. The number of amides is 2. The molecule has 16 heavy (non-hydrogen) atoms. The maximum Gasteiger partial charge on any atom is 0.312 e. The van der Waals surface area contributed by atoms with Crippen LogP contribution in [0.3, 0.4) is 0 Å². The van der Waals surface area contributed by atoms with Gasteiger partial charge in [-0.2, -0.15) is 0 Å². The minimum atomic E-state index is -1.04. The van der Waals surface area contributed by atoms with E-state index in [9.17, 15) is 9.59 Å². The number of hydrogen-bond donors (Lipinski definition) is 3. The van der Waals surface area contributed by atoms with E-state index in [0.29, 0.717) is 10.6 Å². The van der Waals surface area contributed by atoms with Gasteiger partial charge in [0.05, 0.1) is 12.5 Å². The lowest BCUT2D eigenvalue weighted by atomic mass is 10.0. The number of urea groups is 1. The Hall–Kier alpha value is -1.75. The molecule has 0 fully saturated rings. The highest BCUT2D eigenvalue weighted by atomic mass is 35.5. The van der Waals surface area contributed by atoms with Gasteiger partial charge in [-0.15, -0.1) is 0 Å². The first-order valence-corrected chi connectivity index (χ1v) is 4.90. The van der Waals surface area contributed by atoms with E-state index in [0.717, 1.165) is 0 Å². The van der Waals surface area contributed by atoms with Gasteiger partial charge in [0.2, 0.25) is 0 Å². The van der Waals surface area contributed by atoms with Gasteiger partial charge in [0, 0.05) is 5.02 Å². The molecule has 0 aliphatic rings. The fourth-order valence-corrected chi connectivity index (χ4v) is 1.61. The van der Waals surface area contributed by atoms with Crippen molar-refractivity contribution < 1.29 is 14.7 Å². The lowest BCUT2D eigenvalue weighted by Gasteiger charge is -2.16. The van der Waals surface area contributed by atoms with Crippen LogP contribution >= 0.6 is 11.6 Å². The Kier molecular flexibility index (Phi) is 4.13. The summed E-state index contributed by atoms with van der Waals surface area (Å²) in [5, 5.41) is 11.4. The topological polar surface area (TPSA) is 92.4 Å². The summed E-state index contributed by atoms with van der Waals surface area (Å²) in [4.78, 5) is 21.4. The highest BCUT2D eigenvalue weighted by molar-refractivity contribution is 6.31. The third kappa shape index (κ3) is 3.43. The van der Waals surface area contributed by atoms with Crippen molar-refractivity contribution >= 4 is 23.6 Å². The van der Waals surface area contributed by atoms with Crippen LogP contribution < -0.4 is 11.1 Å². The van der Waals surface area contributed by atoms with Gasteiger partial charge < -0.3 is 16.2 Å². The summed E-state index contributed by atoms with van der Waals surface area (Å²) in [6, 6.07) is 5.18. The van der Waals surface area contributed by atoms with Crippen molar-refractivity contribution in [3.8, 4) is 0 Å². The summed E-state index contributed by atoms with van der Waals surface area (Å²) in [7, 11) is 0. The number of carboxylic acids is 1. The number of halogens is 1. The van der Waals surface area contributed by atoms with Crippen LogP contribution in [0.2, 0.25) is 5.02 Å². The summed E-state index contributed by atoms with van der Waals surface area (Å²) in [6.45, 7) is 0. The maximum absolute atomic E-state index is 10.8. The van der Waals surface area contributed by atoms with Crippen molar-refractivity contribution in [2.45, 2.75) is 12.5 Å². The molecule has 0 saturated carbocycles. The monoisotopic (exact) mass is 242 g/mol. The molecule has 0 aromatic heterocycles. The molecule has 0 unspecified atom stereocenters. The Bertz CT molecular complexity index is 393. The molecule has 6 heteroatoms. The average Bonchev–Trinajstić information content (AvgIpc) is 2.15. The number of benzene rings is 1. The molecule has 4 N–H and O–H groups in total. The van der Waals surface area contributed by atoms with E-state index in [-0.39, 0.29) is 6.42 Å². The number of aliphatic carboxylic acids is 1. The molecular weight excluding hydrogens is 232 g/mol. The molecule has 0 bridgehead atoms. The molecule has 1 rings (SSSR count). The fourth-order valence-electron chi connectivity index (χ4n) is 1.34. The number of nitrogens with one attached hydrogen (secondary N) is 1. The second kappa shape index (κ2) is 5.37. The van der Waals surface area contributed by atoms with E-state index >= 15 is 0 Å². The van der Waals surface area contributed by atoms with Gasteiger partial charge in [-0.25, -0.2) is 4.79 Å². The number of primary amides is 1. The number of hydrogen-bond acceptors (Lipinski definition) is 2. The minimum absolute atomic E-state index is 0.271. The van der Waals surface area contributed by atoms with Crippen LogP contribution in [-0.2, 0) is 4.79 Å². The Morgan fingerprint density at radius 2 is 2.06 bits per heavy atom. The van der Waals surface area contributed by atoms with E-state index in [2.05, 4.69) is 5.32 Å². The highest BCUT2D eigenvalue weighted by Gasteiger charge is 2.18. The first-order chi connectivity index (χ1) is 7.50. The molecule has 1 atom stereocenters. The van der Waals surface area contributed by atoms with Gasteiger partial charge >= 0.3 is 12.0 Å². The van der Waals surface area contributed by atoms with E-state index in [4.69, 9.17) is 22.4 Å². The molecule has 0 aliphatic carbocycles. The van der Waals surface area contributed by atoms with Crippen molar-refractivity contribution in [3.05, 3.63) is 34.9 Å². The zero-order valence-corrected chi connectivity index (χ0v) is 9.07. The van der Waals surface area contributed by atoms with Gasteiger partial charge in [0.25, 0.3) is 0 Å². The second-order valence-corrected chi connectivity index (χ2v) is 3.59. The van der Waals surface area contributed by atoms with Crippen LogP contribution in [0.4, 0.5) is 4.79 Å². The molecule has 1 aromatic carbocycles. The number of rotatable bonds is 4. The number of carboxylic acid groups (broad SMARTS) is 1. The van der Waals surface area contributed by atoms with Crippen LogP contribution in [0.1, 0.15) is 18.0 Å². The van der Waals surface area contributed by atoms with Crippen LogP contribution in [0.25, 0.3) is 0 Å². The minimum Gasteiger partial charge on any atom is -0.481 e. The predicted octanol–water partition coefficient (Wildman–Crippen LogP) is 1.52. The average molecular weight is 243 g/mol. The maximum atomic E-state index is 10.8. The lowest BCUT2D eigenvalue weighted by molar-refractivity contribution is -0.137. The van der Waals surface area contributed by atoms with E-state index in [1.54, 1.807) is 24.3 Å². The Morgan fingerprint density at radius 1 is 1.44 bits per heavy atom. The van der Waals surface area contributed by atoms with Crippen LogP contribution in [-0.4, -0.2) is 17.1 Å². The third-order valence-electron chi connectivity index (χ3n) is 1.98. The third-order valence-corrected chi connectivity index (χ3v) is 2.32. The van der Waals surface area contributed by atoms with Crippen molar-refractivity contribution in [1.82, 2.24) is 5.32 Å². The fraction of sp³-hybridized carbons (Fsp3) is 0.200. The smallest absolute Gasteiger partial charge is 0.312 e. The summed E-state index contributed by atoms with van der Waals surface area (Å²) in [5.74, 6) is -1.04. The summed E-state index contributed by atoms with van der Waals surface area (Å²) in [5.41, 5.74) is 5.50. The molecule has 2 amide bonds. The number of carbonyl (C=O) groups is 2. The molecule has 0 aliphatic heterocycles. The second-order valence-electron chi connectivity index (χ2n) is 3.18. The van der Waals surface area contributed by atoms with Gasteiger partial charge in [0.1, 0.15) is 0 Å². The molecule has 0 saturated heterocycles. The first kappa shape index (κ1) is 12.3. The SMILES string of the molecule is NC(=O)N[C@@H](CC(=O)O)c1ccccc1Cl. The van der Waals surface area contributed by atoms with Crippen molar-refractivity contribution in [2.24, 2.45) is 5.73 Å². The van der Waals surface area contributed by atoms with E-state index in [1.165, 1.54) is 0 Å².